The minimum absolute atomic E-state index is 0.395. The molecule has 0 aromatic rings. The lowest BCUT2D eigenvalue weighted by Gasteiger charge is -2.20. The van der Waals surface area contributed by atoms with Crippen LogP contribution in [0.25, 0.3) is 0 Å². The van der Waals surface area contributed by atoms with Crippen molar-refractivity contribution in [2.75, 3.05) is 7.05 Å². The second kappa shape index (κ2) is 2.25. The number of nitrogens with one attached hydrogen (secondary N) is 1. The van der Waals surface area contributed by atoms with Gasteiger partial charge in [-0.3, -0.25) is 4.79 Å². The summed E-state index contributed by atoms with van der Waals surface area (Å²) in [5, 5.41) is 1.30. The van der Waals surface area contributed by atoms with E-state index in [1.165, 1.54) is 0 Å². The van der Waals surface area contributed by atoms with Crippen molar-refractivity contribution < 1.29 is 4.79 Å². The van der Waals surface area contributed by atoms with E-state index in [1.807, 2.05) is 7.05 Å². The van der Waals surface area contributed by atoms with Crippen LogP contribution in [-0.4, -0.2) is 22.8 Å². The van der Waals surface area contributed by atoms with Gasteiger partial charge in [0.15, 0.2) is 0 Å². The molecule has 0 amide bonds. The molecule has 0 fully saturated rings. The van der Waals surface area contributed by atoms with Crippen LogP contribution >= 0.6 is 11.6 Å². The average Bonchev–Trinajstić information content (AvgIpc) is 2.13. The van der Waals surface area contributed by atoms with Crippen LogP contribution in [0.2, 0.25) is 0 Å². The van der Waals surface area contributed by atoms with Crippen LogP contribution in [-0.2, 0) is 4.79 Å². The van der Waals surface area contributed by atoms with Crippen LogP contribution in [0.15, 0.2) is 12.3 Å². The molecule has 0 saturated heterocycles. The minimum Gasteiger partial charge on any atom is -0.318 e. The zero-order valence-corrected chi connectivity index (χ0v) is 6.64. The van der Waals surface area contributed by atoms with Gasteiger partial charge in [0.05, 0.1) is 0 Å². The van der Waals surface area contributed by atoms with Gasteiger partial charge in [0.25, 0.3) is 0 Å². The average molecular weight is 161 g/mol. The van der Waals surface area contributed by atoms with E-state index in [-0.39, 0.29) is 0 Å². The molecule has 4 heteroatoms. The Hall–Kier alpha value is -0.540. The van der Waals surface area contributed by atoms with Crippen molar-refractivity contribution in [2.45, 2.75) is 12.5 Å². The highest BCUT2D eigenvalue weighted by atomic mass is 35.5. The number of rotatable bonds is 1. The molecule has 0 aromatic carbocycles. The molecule has 0 radical (unpaired) electrons. The molecule has 1 N–H and O–H groups in total. The summed E-state index contributed by atoms with van der Waals surface area (Å²) >= 11 is 5.31. The first kappa shape index (κ1) is 7.57. The maximum atomic E-state index is 10.7. The lowest BCUT2D eigenvalue weighted by Crippen LogP contribution is -2.46. The van der Waals surface area contributed by atoms with Crippen LogP contribution in [0.4, 0.5) is 0 Å². The summed E-state index contributed by atoms with van der Waals surface area (Å²) in [6, 6.07) is 0. The quantitative estimate of drug-likeness (QED) is 0.567. The van der Waals surface area contributed by atoms with E-state index in [4.69, 9.17) is 11.6 Å². The summed E-state index contributed by atoms with van der Waals surface area (Å²) < 4.78 is 0. The molecule has 10 heavy (non-hydrogen) atoms. The monoisotopic (exact) mass is 160 g/mol. The van der Waals surface area contributed by atoms with E-state index in [2.05, 4.69) is 5.43 Å². The van der Waals surface area contributed by atoms with Crippen LogP contribution in [0.3, 0.4) is 0 Å². The smallest absolute Gasteiger partial charge is 0.247 e. The molecule has 1 rings (SSSR count). The Morgan fingerprint density at radius 3 is 2.60 bits per heavy atom. The van der Waals surface area contributed by atoms with Crippen molar-refractivity contribution in [3.05, 3.63) is 12.3 Å². The van der Waals surface area contributed by atoms with Gasteiger partial charge in [0.2, 0.25) is 5.24 Å². The van der Waals surface area contributed by atoms with E-state index < -0.39 is 10.8 Å². The zero-order chi connectivity index (χ0) is 7.78. The van der Waals surface area contributed by atoms with Gasteiger partial charge in [-0.25, -0.2) is 5.43 Å². The highest BCUT2D eigenvalue weighted by Gasteiger charge is 2.32. The molecule has 1 unspecified atom stereocenters. The summed E-state index contributed by atoms with van der Waals surface area (Å²) in [5.41, 5.74) is 2.16. The molecule has 3 nitrogen and oxygen atoms in total. The topological polar surface area (TPSA) is 32.3 Å². The third-order valence-electron chi connectivity index (χ3n) is 1.45. The van der Waals surface area contributed by atoms with Crippen LogP contribution in [0.1, 0.15) is 6.92 Å². The molecule has 0 saturated carbocycles. The van der Waals surface area contributed by atoms with Gasteiger partial charge in [-0.05, 0) is 24.6 Å². The number of hydrogen-bond donors (Lipinski definition) is 1. The van der Waals surface area contributed by atoms with Gasteiger partial charge in [-0.15, -0.1) is 0 Å². The maximum Gasteiger partial charge on any atom is 0.247 e. The Morgan fingerprint density at radius 2 is 2.40 bits per heavy atom. The molecule has 1 aliphatic rings. The fraction of sp³-hybridized carbons (Fsp3) is 0.500. The van der Waals surface area contributed by atoms with Gasteiger partial charge in [0, 0.05) is 13.2 Å². The van der Waals surface area contributed by atoms with E-state index in [0.29, 0.717) is 0 Å². The van der Waals surface area contributed by atoms with Gasteiger partial charge in [0.1, 0.15) is 5.54 Å². The first-order chi connectivity index (χ1) is 4.54. The summed E-state index contributed by atoms with van der Waals surface area (Å²) in [7, 11) is 1.81. The van der Waals surface area contributed by atoms with E-state index in [0.717, 1.165) is 0 Å². The lowest BCUT2D eigenvalue weighted by atomic mass is 10.1. The van der Waals surface area contributed by atoms with E-state index in [9.17, 15) is 4.79 Å². The summed E-state index contributed by atoms with van der Waals surface area (Å²) in [5.74, 6) is 0. The number of carbonyl (C=O) groups excluding carboxylic acids is 1. The van der Waals surface area contributed by atoms with Gasteiger partial charge in [-0.2, -0.15) is 0 Å². The molecule has 1 heterocycles. The first-order valence-electron chi connectivity index (χ1n) is 2.94. The Labute approximate surface area is 64.6 Å². The molecule has 56 valence electrons. The standard InChI is InChI=1S/C6H9ClN2O/c1-6(5(7)10)3-4-9(2)8-6/h3-4,8H,1-2H3. The lowest BCUT2D eigenvalue weighted by molar-refractivity contribution is -0.116. The second-order valence-corrected chi connectivity index (χ2v) is 2.86. The number of hydrazine groups is 1. The molecule has 0 spiro atoms. The number of hydrogen-bond acceptors (Lipinski definition) is 3. The third kappa shape index (κ3) is 1.15. The van der Waals surface area contributed by atoms with Gasteiger partial charge < -0.3 is 5.01 Å². The van der Waals surface area contributed by atoms with Crippen molar-refractivity contribution >= 4 is 16.8 Å². The molecule has 1 aliphatic heterocycles. The second-order valence-electron chi connectivity index (χ2n) is 2.51. The van der Waals surface area contributed by atoms with Crippen LogP contribution < -0.4 is 5.43 Å². The number of carbonyl (C=O) groups is 1. The Kier molecular flexibility index (Phi) is 1.70. The summed E-state index contributed by atoms with van der Waals surface area (Å²) in [6.07, 6.45) is 3.49. The highest BCUT2D eigenvalue weighted by molar-refractivity contribution is 6.65. The molecule has 0 bridgehead atoms. The molecular formula is C6H9ClN2O. The molecule has 1 atom stereocenters. The molecule has 0 aliphatic carbocycles. The maximum absolute atomic E-state index is 10.7. The SMILES string of the molecule is CN1C=CC(C)(C(=O)Cl)N1. The zero-order valence-electron chi connectivity index (χ0n) is 5.89. The highest BCUT2D eigenvalue weighted by Crippen LogP contribution is 2.15. The van der Waals surface area contributed by atoms with Crippen molar-refractivity contribution in [1.82, 2.24) is 10.4 Å². The van der Waals surface area contributed by atoms with E-state index >= 15 is 0 Å². The number of nitrogens with zero attached hydrogens (tertiary/aromatic N) is 1. The molecule has 0 aromatic heterocycles. The summed E-state index contributed by atoms with van der Waals surface area (Å²) in [6.45, 7) is 1.72. The van der Waals surface area contributed by atoms with Gasteiger partial charge >= 0.3 is 0 Å². The van der Waals surface area contributed by atoms with Crippen LogP contribution in [0.5, 0.6) is 0 Å². The Balaban J connectivity index is 2.75. The minimum atomic E-state index is -0.712. The third-order valence-corrected chi connectivity index (χ3v) is 1.84. The van der Waals surface area contributed by atoms with Crippen molar-refractivity contribution in [3.63, 3.8) is 0 Å². The molecular weight excluding hydrogens is 152 g/mol. The van der Waals surface area contributed by atoms with E-state index in [1.54, 1.807) is 24.2 Å². The van der Waals surface area contributed by atoms with Crippen LogP contribution in [0, 0.1) is 0 Å². The largest absolute Gasteiger partial charge is 0.318 e. The van der Waals surface area contributed by atoms with Gasteiger partial charge in [-0.1, -0.05) is 0 Å². The van der Waals surface area contributed by atoms with Crippen molar-refractivity contribution in [1.29, 1.82) is 0 Å². The first-order valence-corrected chi connectivity index (χ1v) is 3.32. The Bertz CT molecular complexity index is 192. The summed E-state index contributed by atoms with van der Waals surface area (Å²) in [4.78, 5) is 10.7. The normalized spacial score (nSPS) is 31.3. The van der Waals surface area contributed by atoms with Crippen molar-refractivity contribution in [3.8, 4) is 0 Å². The fourth-order valence-corrected chi connectivity index (χ4v) is 0.916. The number of halogens is 1. The fourth-order valence-electron chi connectivity index (χ4n) is 0.811. The predicted octanol–water partition coefficient (Wildman–Crippen LogP) is 0.474. The Morgan fingerprint density at radius 1 is 1.80 bits per heavy atom. The van der Waals surface area contributed by atoms with Crippen molar-refractivity contribution in [2.24, 2.45) is 0 Å². The predicted molar refractivity (Wildman–Crippen MR) is 39.3 cm³/mol.